The van der Waals surface area contributed by atoms with E-state index in [1.165, 1.54) is 0 Å². The highest BCUT2D eigenvalue weighted by atomic mass is 16.5. The van der Waals surface area contributed by atoms with Crippen LogP contribution in [0.1, 0.15) is 13.8 Å². The summed E-state index contributed by atoms with van der Waals surface area (Å²) < 4.78 is 10.3. The van der Waals surface area contributed by atoms with Crippen molar-refractivity contribution in [1.29, 1.82) is 0 Å². The third kappa shape index (κ3) is 4.87. The van der Waals surface area contributed by atoms with Gasteiger partial charge in [-0.3, -0.25) is 4.79 Å². The van der Waals surface area contributed by atoms with Gasteiger partial charge >= 0.3 is 0 Å². The van der Waals surface area contributed by atoms with Crippen molar-refractivity contribution in [3.05, 3.63) is 24.3 Å². The summed E-state index contributed by atoms with van der Waals surface area (Å²) in [5, 5.41) is 2.82. The number of ether oxygens (including phenoxy) is 2. The topological polar surface area (TPSA) is 47.6 Å². The van der Waals surface area contributed by atoms with Gasteiger partial charge in [-0.15, -0.1) is 0 Å². The number of methoxy groups -OCH3 is 1. The number of amides is 1. The second-order valence-corrected chi connectivity index (χ2v) is 4.01. The Balaban J connectivity index is 2.47. The molecule has 0 aliphatic rings. The van der Waals surface area contributed by atoms with E-state index in [0.717, 1.165) is 11.4 Å². The minimum absolute atomic E-state index is 0.0121. The zero-order valence-electron chi connectivity index (χ0n) is 10.5. The molecular weight excluding hydrogens is 218 g/mol. The number of hydrogen-bond donors (Lipinski definition) is 1. The van der Waals surface area contributed by atoms with Crippen LogP contribution in [-0.2, 0) is 9.53 Å². The predicted octanol–water partition coefficient (Wildman–Crippen LogP) is 2.31. The number of carbonyl (C=O) groups excluding carboxylic acids is 1. The van der Waals surface area contributed by atoms with Gasteiger partial charge in [-0.25, -0.2) is 0 Å². The summed E-state index contributed by atoms with van der Waals surface area (Å²) in [6.45, 7) is 4.80. The lowest BCUT2D eigenvalue weighted by Gasteiger charge is -2.09. The van der Waals surface area contributed by atoms with Crippen LogP contribution in [0.2, 0.25) is 0 Å². The predicted molar refractivity (Wildman–Crippen MR) is 67.3 cm³/mol. The first kappa shape index (κ1) is 13.5. The fourth-order valence-electron chi connectivity index (χ4n) is 1.16. The van der Waals surface area contributed by atoms with Gasteiger partial charge in [-0.1, -0.05) is 13.8 Å². The van der Waals surface area contributed by atoms with Gasteiger partial charge in [0.25, 0.3) is 0 Å². The van der Waals surface area contributed by atoms with Gasteiger partial charge in [-0.2, -0.15) is 0 Å². The molecule has 0 saturated heterocycles. The monoisotopic (exact) mass is 237 g/mol. The second kappa shape index (κ2) is 6.91. The van der Waals surface area contributed by atoms with E-state index in [0.29, 0.717) is 13.2 Å². The van der Waals surface area contributed by atoms with Crippen LogP contribution in [0.5, 0.6) is 5.75 Å². The molecule has 1 aromatic carbocycles. The molecule has 0 spiro atoms. The van der Waals surface area contributed by atoms with Crippen molar-refractivity contribution in [2.45, 2.75) is 13.8 Å². The Labute approximate surface area is 102 Å². The van der Waals surface area contributed by atoms with Crippen molar-refractivity contribution < 1.29 is 14.3 Å². The van der Waals surface area contributed by atoms with Gasteiger partial charge in [-0.05, 0) is 24.3 Å². The van der Waals surface area contributed by atoms with Crippen LogP contribution in [0.15, 0.2) is 24.3 Å². The normalized spacial score (nSPS) is 10.4. The Morgan fingerprint density at radius 1 is 1.24 bits per heavy atom. The Kier molecular flexibility index (Phi) is 5.49. The van der Waals surface area contributed by atoms with E-state index in [-0.39, 0.29) is 11.8 Å². The summed E-state index contributed by atoms with van der Waals surface area (Å²) in [7, 11) is 1.63. The molecule has 1 rings (SSSR count). The van der Waals surface area contributed by atoms with Crippen LogP contribution in [0.4, 0.5) is 5.69 Å². The second-order valence-electron chi connectivity index (χ2n) is 4.01. The molecule has 4 nitrogen and oxygen atoms in total. The van der Waals surface area contributed by atoms with Gasteiger partial charge < -0.3 is 14.8 Å². The average Bonchev–Trinajstić information content (AvgIpc) is 2.31. The number of carbonyl (C=O) groups is 1. The van der Waals surface area contributed by atoms with Gasteiger partial charge in [0, 0.05) is 18.7 Å². The van der Waals surface area contributed by atoms with Crippen LogP contribution in [0.3, 0.4) is 0 Å². The number of nitrogens with one attached hydrogen (secondary N) is 1. The molecule has 0 saturated carbocycles. The molecule has 0 atom stereocenters. The Bertz CT molecular complexity index is 346. The lowest BCUT2D eigenvalue weighted by molar-refractivity contribution is -0.118. The van der Waals surface area contributed by atoms with Gasteiger partial charge in [0.2, 0.25) is 5.91 Å². The highest BCUT2D eigenvalue weighted by molar-refractivity contribution is 5.92. The summed E-state index contributed by atoms with van der Waals surface area (Å²) in [6, 6.07) is 7.29. The van der Waals surface area contributed by atoms with Crippen LogP contribution in [0, 0.1) is 5.92 Å². The summed E-state index contributed by atoms with van der Waals surface area (Å²) in [6.07, 6.45) is 0. The van der Waals surface area contributed by atoms with E-state index in [1.807, 2.05) is 38.1 Å². The lowest BCUT2D eigenvalue weighted by atomic mass is 10.2. The molecule has 94 valence electrons. The molecule has 0 unspecified atom stereocenters. The van der Waals surface area contributed by atoms with Crippen molar-refractivity contribution in [3.8, 4) is 5.75 Å². The van der Waals surface area contributed by atoms with Crippen molar-refractivity contribution in [2.75, 3.05) is 25.6 Å². The van der Waals surface area contributed by atoms with E-state index >= 15 is 0 Å². The smallest absolute Gasteiger partial charge is 0.226 e. The summed E-state index contributed by atoms with van der Waals surface area (Å²) in [4.78, 5) is 11.4. The molecule has 1 amide bonds. The first-order valence-electron chi connectivity index (χ1n) is 5.66. The van der Waals surface area contributed by atoms with Gasteiger partial charge in [0.15, 0.2) is 0 Å². The van der Waals surface area contributed by atoms with Crippen LogP contribution in [0.25, 0.3) is 0 Å². The third-order valence-electron chi connectivity index (χ3n) is 2.20. The maximum Gasteiger partial charge on any atom is 0.226 e. The molecule has 1 N–H and O–H groups in total. The summed E-state index contributed by atoms with van der Waals surface area (Å²) in [5.74, 6) is 0.760. The average molecular weight is 237 g/mol. The first-order chi connectivity index (χ1) is 8.13. The van der Waals surface area contributed by atoms with E-state index < -0.39 is 0 Å². The van der Waals surface area contributed by atoms with E-state index in [1.54, 1.807) is 7.11 Å². The molecular formula is C13H19NO3. The molecule has 17 heavy (non-hydrogen) atoms. The Morgan fingerprint density at radius 2 is 1.88 bits per heavy atom. The zero-order chi connectivity index (χ0) is 12.7. The van der Waals surface area contributed by atoms with Crippen LogP contribution in [-0.4, -0.2) is 26.2 Å². The minimum atomic E-state index is -0.0207. The van der Waals surface area contributed by atoms with Gasteiger partial charge in [0.05, 0.1) is 6.61 Å². The zero-order valence-corrected chi connectivity index (χ0v) is 10.5. The molecule has 0 heterocycles. The Morgan fingerprint density at radius 3 is 2.41 bits per heavy atom. The van der Waals surface area contributed by atoms with Crippen LogP contribution < -0.4 is 10.1 Å². The number of rotatable bonds is 6. The van der Waals surface area contributed by atoms with Crippen LogP contribution >= 0.6 is 0 Å². The van der Waals surface area contributed by atoms with E-state index in [2.05, 4.69) is 5.32 Å². The highest BCUT2D eigenvalue weighted by Gasteiger charge is 2.06. The quantitative estimate of drug-likeness (QED) is 0.772. The van der Waals surface area contributed by atoms with Crippen molar-refractivity contribution in [1.82, 2.24) is 0 Å². The largest absolute Gasteiger partial charge is 0.491 e. The molecule has 4 heteroatoms. The first-order valence-corrected chi connectivity index (χ1v) is 5.66. The van der Waals surface area contributed by atoms with Crippen molar-refractivity contribution >= 4 is 11.6 Å². The number of hydrogen-bond acceptors (Lipinski definition) is 3. The highest BCUT2D eigenvalue weighted by Crippen LogP contribution is 2.16. The number of benzene rings is 1. The van der Waals surface area contributed by atoms with Crippen molar-refractivity contribution in [2.24, 2.45) is 5.92 Å². The standard InChI is InChI=1S/C13H19NO3/c1-10(2)13(15)14-11-4-6-12(7-5-11)17-9-8-16-3/h4-7,10H,8-9H2,1-3H3,(H,14,15). The Hall–Kier alpha value is -1.55. The molecule has 0 aliphatic carbocycles. The maximum absolute atomic E-state index is 11.4. The summed E-state index contributed by atoms with van der Waals surface area (Å²) in [5.41, 5.74) is 0.780. The molecule has 0 bridgehead atoms. The fourth-order valence-corrected chi connectivity index (χ4v) is 1.16. The molecule has 0 fully saturated rings. The summed E-state index contributed by atoms with van der Waals surface area (Å²) >= 11 is 0. The molecule has 1 aromatic rings. The van der Waals surface area contributed by atoms with E-state index in [9.17, 15) is 4.79 Å². The SMILES string of the molecule is COCCOc1ccc(NC(=O)C(C)C)cc1. The van der Waals surface area contributed by atoms with Crippen molar-refractivity contribution in [3.63, 3.8) is 0 Å². The lowest BCUT2D eigenvalue weighted by Crippen LogP contribution is -2.17. The third-order valence-corrected chi connectivity index (χ3v) is 2.20. The number of anilines is 1. The minimum Gasteiger partial charge on any atom is -0.491 e. The maximum atomic E-state index is 11.4. The molecule has 0 aromatic heterocycles. The molecule has 0 aliphatic heterocycles. The van der Waals surface area contributed by atoms with E-state index in [4.69, 9.17) is 9.47 Å². The van der Waals surface area contributed by atoms with Gasteiger partial charge in [0.1, 0.15) is 12.4 Å². The fraction of sp³-hybridized carbons (Fsp3) is 0.462. The molecule has 0 radical (unpaired) electrons.